The van der Waals surface area contributed by atoms with Crippen LogP contribution < -0.4 is 10.1 Å². The molecule has 0 spiro atoms. The van der Waals surface area contributed by atoms with Crippen molar-refractivity contribution < 1.29 is 23.8 Å². The quantitative estimate of drug-likeness (QED) is 0.763. The van der Waals surface area contributed by atoms with Gasteiger partial charge < -0.3 is 19.9 Å². The first kappa shape index (κ1) is 20.3. The SMILES string of the molecule is CC(=O)Nc1ccc(OC[C@H](O)CN2CCO[C@H](c3ccc(F)cc3)C2)cc1. The number of anilines is 1. The Balaban J connectivity index is 1.45. The standard InChI is InChI=1S/C21H25FN2O4/c1-15(25)23-18-6-8-20(9-7-18)28-14-19(26)12-24-10-11-27-21(13-24)16-2-4-17(22)5-3-16/h2-9,19,21,26H,10-14H2,1H3,(H,23,25)/t19-,21+/m1/s1. The lowest BCUT2D eigenvalue weighted by molar-refractivity contribution is -0.114. The summed E-state index contributed by atoms with van der Waals surface area (Å²) in [6, 6.07) is 13.3. The van der Waals surface area contributed by atoms with Crippen LogP contribution in [-0.2, 0) is 9.53 Å². The third kappa shape index (κ3) is 6.02. The summed E-state index contributed by atoms with van der Waals surface area (Å²) in [5.41, 5.74) is 1.62. The number of ether oxygens (including phenoxy) is 2. The van der Waals surface area contributed by atoms with Crippen LogP contribution in [0.15, 0.2) is 48.5 Å². The van der Waals surface area contributed by atoms with E-state index in [0.29, 0.717) is 31.1 Å². The van der Waals surface area contributed by atoms with Crippen LogP contribution in [0, 0.1) is 5.82 Å². The maximum atomic E-state index is 13.1. The molecule has 0 radical (unpaired) electrons. The molecule has 0 aliphatic carbocycles. The van der Waals surface area contributed by atoms with Crippen molar-refractivity contribution in [2.24, 2.45) is 0 Å². The Kier molecular flexibility index (Phi) is 6.97. The number of nitrogens with zero attached hydrogens (tertiary/aromatic N) is 1. The second-order valence-corrected chi connectivity index (χ2v) is 6.84. The van der Waals surface area contributed by atoms with Gasteiger partial charge in [0.1, 0.15) is 24.3 Å². The number of hydrogen-bond acceptors (Lipinski definition) is 5. The second kappa shape index (κ2) is 9.64. The average Bonchev–Trinajstić information content (AvgIpc) is 2.68. The molecule has 0 saturated carbocycles. The van der Waals surface area contributed by atoms with Crippen LogP contribution in [-0.4, -0.2) is 54.9 Å². The van der Waals surface area contributed by atoms with Crippen LogP contribution in [0.1, 0.15) is 18.6 Å². The zero-order valence-electron chi connectivity index (χ0n) is 15.8. The normalized spacial score (nSPS) is 18.5. The molecule has 28 heavy (non-hydrogen) atoms. The van der Waals surface area contributed by atoms with Gasteiger partial charge in [-0.25, -0.2) is 4.39 Å². The Morgan fingerprint density at radius 2 is 2.00 bits per heavy atom. The summed E-state index contributed by atoms with van der Waals surface area (Å²) in [7, 11) is 0. The van der Waals surface area contributed by atoms with E-state index < -0.39 is 6.10 Å². The summed E-state index contributed by atoms with van der Waals surface area (Å²) in [4.78, 5) is 13.1. The maximum absolute atomic E-state index is 13.1. The molecule has 1 saturated heterocycles. The highest BCUT2D eigenvalue weighted by Gasteiger charge is 2.23. The fraction of sp³-hybridized carbons (Fsp3) is 0.381. The fourth-order valence-electron chi connectivity index (χ4n) is 3.13. The van der Waals surface area contributed by atoms with Gasteiger partial charge in [0.25, 0.3) is 0 Å². The number of β-amino-alcohol motifs (C(OH)–C–C–N with tert-alkyl or cyclic N) is 1. The molecule has 7 heteroatoms. The fourth-order valence-corrected chi connectivity index (χ4v) is 3.13. The summed E-state index contributed by atoms with van der Waals surface area (Å²) in [5, 5.41) is 13.0. The summed E-state index contributed by atoms with van der Waals surface area (Å²) in [5.74, 6) is 0.224. The Bertz CT molecular complexity index is 767. The van der Waals surface area contributed by atoms with Gasteiger partial charge in [-0.2, -0.15) is 0 Å². The molecular weight excluding hydrogens is 363 g/mol. The number of carbonyl (C=O) groups is 1. The van der Waals surface area contributed by atoms with Crippen molar-refractivity contribution in [3.05, 3.63) is 59.9 Å². The molecule has 2 atom stereocenters. The highest BCUT2D eigenvalue weighted by atomic mass is 19.1. The molecule has 2 aromatic carbocycles. The van der Waals surface area contributed by atoms with Crippen molar-refractivity contribution in [3.63, 3.8) is 0 Å². The lowest BCUT2D eigenvalue weighted by atomic mass is 10.1. The van der Waals surface area contributed by atoms with Crippen molar-refractivity contribution in [1.82, 2.24) is 4.90 Å². The topological polar surface area (TPSA) is 71.0 Å². The molecule has 1 aliphatic heterocycles. The highest BCUT2D eigenvalue weighted by molar-refractivity contribution is 5.88. The number of nitrogens with one attached hydrogen (secondary N) is 1. The number of amides is 1. The van der Waals surface area contributed by atoms with Crippen LogP contribution >= 0.6 is 0 Å². The summed E-state index contributed by atoms with van der Waals surface area (Å²) in [6.07, 6.45) is -0.786. The first-order chi connectivity index (χ1) is 13.5. The third-order valence-corrected chi connectivity index (χ3v) is 4.48. The van der Waals surface area contributed by atoms with E-state index >= 15 is 0 Å². The van der Waals surface area contributed by atoms with E-state index in [-0.39, 0.29) is 24.4 Å². The average molecular weight is 388 g/mol. The summed E-state index contributed by atoms with van der Waals surface area (Å²) in [6.45, 7) is 3.99. The van der Waals surface area contributed by atoms with E-state index in [0.717, 1.165) is 12.1 Å². The van der Waals surface area contributed by atoms with Crippen LogP contribution in [0.4, 0.5) is 10.1 Å². The van der Waals surface area contributed by atoms with Crippen molar-refractivity contribution in [2.75, 3.05) is 38.2 Å². The number of halogens is 1. The molecule has 1 heterocycles. The second-order valence-electron chi connectivity index (χ2n) is 6.84. The van der Waals surface area contributed by atoms with E-state index in [1.165, 1.54) is 19.1 Å². The number of morpholine rings is 1. The lowest BCUT2D eigenvalue weighted by Crippen LogP contribution is -2.43. The molecular formula is C21H25FN2O4. The van der Waals surface area contributed by atoms with Gasteiger partial charge in [-0.3, -0.25) is 9.69 Å². The van der Waals surface area contributed by atoms with E-state index in [9.17, 15) is 14.3 Å². The summed E-state index contributed by atoms with van der Waals surface area (Å²) >= 11 is 0. The van der Waals surface area contributed by atoms with Crippen LogP contribution in [0.25, 0.3) is 0 Å². The predicted octanol–water partition coefficient (Wildman–Crippen LogP) is 2.60. The zero-order chi connectivity index (χ0) is 19.9. The largest absolute Gasteiger partial charge is 0.491 e. The molecule has 1 amide bonds. The van der Waals surface area contributed by atoms with Crippen molar-refractivity contribution in [2.45, 2.75) is 19.1 Å². The van der Waals surface area contributed by atoms with E-state index in [1.54, 1.807) is 36.4 Å². The minimum Gasteiger partial charge on any atom is -0.491 e. The lowest BCUT2D eigenvalue weighted by Gasteiger charge is -2.34. The van der Waals surface area contributed by atoms with Gasteiger partial charge in [0.05, 0.1) is 12.7 Å². The third-order valence-electron chi connectivity index (χ3n) is 4.48. The van der Waals surface area contributed by atoms with Crippen LogP contribution in [0.5, 0.6) is 5.75 Å². The molecule has 1 aliphatic rings. The predicted molar refractivity (Wildman–Crippen MR) is 104 cm³/mol. The van der Waals surface area contributed by atoms with E-state index in [2.05, 4.69) is 10.2 Å². The molecule has 0 unspecified atom stereocenters. The van der Waals surface area contributed by atoms with Crippen LogP contribution in [0.2, 0.25) is 0 Å². The first-order valence-corrected chi connectivity index (χ1v) is 9.27. The molecule has 0 aromatic heterocycles. The van der Waals surface area contributed by atoms with Gasteiger partial charge in [0, 0.05) is 32.2 Å². The van der Waals surface area contributed by atoms with Crippen molar-refractivity contribution >= 4 is 11.6 Å². The molecule has 2 N–H and O–H groups in total. The zero-order valence-corrected chi connectivity index (χ0v) is 15.8. The van der Waals surface area contributed by atoms with Crippen molar-refractivity contribution in [3.8, 4) is 5.75 Å². The molecule has 150 valence electrons. The number of carbonyl (C=O) groups excluding carboxylic acids is 1. The van der Waals surface area contributed by atoms with Gasteiger partial charge in [0.2, 0.25) is 5.91 Å². The van der Waals surface area contributed by atoms with Gasteiger partial charge in [-0.15, -0.1) is 0 Å². The smallest absolute Gasteiger partial charge is 0.221 e. The molecule has 3 rings (SSSR count). The number of aliphatic hydroxyl groups excluding tert-OH is 1. The number of hydrogen-bond donors (Lipinski definition) is 2. The summed E-state index contributed by atoms with van der Waals surface area (Å²) < 4.78 is 24.5. The first-order valence-electron chi connectivity index (χ1n) is 9.27. The van der Waals surface area contributed by atoms with Gasteiger partial charge >= 0.3 is 0 Å². The van der Waals surface area contributed by atoms with Gasteiger partial charge in [-0.1, -0.05) is 12.1 Å². The molecule has 6 nitrogen and oxygen atoms in total. The minimum atomic E-state index is -0.651. The van der Waals surface area contributed by atoms with Gasteiger partial charge in [-0.05, 0) is 42.0 Å². The minimum absolute atomic E-state index is 0.131. The number of benzene rings is 2. The Hall–Kier alpha value is -2.48. The van der Waals surface area contributed by atoms with Crippen molar-refractivity contribution in [1.29, 1.82) is 0 Å². The monoisotopic (exact) mass is 388 g/mol. The highest BCUT2D eigenvalue weighted by Crippen LogP contribution is 2.22. The Morgan fingerprint density at radius 1 is 1.29 bits per heavy atom. The Morgan fingerprint density at radius 3 is 2.68 bits per heavy atom. The van der Waals surface area contributed by atoms with Gasteiger partial charge in [0.15, 0.2) is 0 Å². The number of rotatable bonds is 7. The number of aliphatic hydroxyl groups is 1. The molecule has 0 bridgehead atoms. The molecule has 2 aromatic rings. The maximum Gasteiger partial charge on any atom is 0.221 e. The molecule has 1 fully saturated rings. The van der Waals surface area contributed by atoms with E-state index in [1.807, 2.05) is 0 Å². The Labute approximate surface area is 163 Å². The van der Waals surface area contributed by atoms with E-state index in [4.69, 9.17) is 9.47 Å². The van der Waals surface area contributed by atoms with Crippen LogP contribution in [0.3, 0.4) is 0 Å².